The number of hydrogen-bond donors (Lipinski definition) is 1. The Bertz CT molecular complexity index is 468. The lowest BCUT2D eigenvalue weighted by Gasteiger charge is -2.34. The Morgan fingerprint density at radius 3 is 2.55 bits per heavy atom. The van der Waals surface area contributed by atoms with Gasteiger partial charge in [-0.3, -0.25) is 14.5 Å². The van der Waals surface area contributed by atoms with E-state index in [0.29, 0.717) is 26.2 Å². The van der Waals surface area contributed by atoms with Crippen LogP contribution >= 0.6 is 0 Å². The molecule has 1 aromatic heterocycles. The summed E-state index contributed by atoms with van der Waals surface area (Å²) in [4.78, 5) is 3.66. The van der Waals surface area contributed by atoms with Crippen molar-refractivity contribution in [1.82, 2.24) is 24.9 Å². The molecule has 124 valence electrons. The molecule has 0 spiro atoms. The summed E-state index contributed by atoms with van der Waals surface area (Å²) >= 11 is 0. The van der Waals surface area contributed by atoms with E-state index in [1.807, 2.05) is 0 Å². The first-order valence-corrected chi connectivity index (χ1v) is 7.77. The van der Waals surface area contributed by atoms with E-state index in [9.17, 15) is 13.2 Å². The molecule has 1 N–H and O–H groups in total. The van der Waals surface area contributed by atoms with Crippen LogP contribution in [0.1, 0.15) is 17.8 Å². The van der Waals surface area contributed by atoms with Gasteiger partial charge in [0.1, 0.15) is 0 Å². The van der Waals surface area contributed by atoms with E-state index in [1.165, 1.54) is 10.6 Å². The molecule has 3 rings (SSSR count). The van der Waals surface area contributed by atoms with Gasteiger partial charge in [0.05, 0.1) is 17.9 Å². The van der Waals surface area contributed by atoms with Crippen molar-refractivity contribution in [3.05, 3.63) is 17.5 Å². The van der Waals surface area contributed by atoms with Crippen molar-refractivity contribution in [2.75, 3.05) is 39.3 Å². The summed E-state index contributed by atoms with van der Waals surface area (Å²) in [5.41, 5.74) is 2.21. The molecule has 0 bridgehead atoms. The molecule has 5 nitrogen and oxygen atoms in total. The number of aromatic nitrogens is 2. The zero-order valence-electron chi connectivity index (χ0n) is 12.6. The Morgan fingerprint density at radius 1 is 1.09 bits per heavy atom. The molecule has 1 aromatic rings. The predicted octanol–water partition coefficient (Wildman–Crippen LogP) is 1.06. The summed E-state index contributed by atoms with van der Waals surface area (Å²) in [5, 5.41) is 7.98. The Morgan fingerprint density at radius 2 is 1.82 bits per heavy atom. The number of aryl methyl sites for hydroxylation is 1. The number of fused-ring (bicyclic) bond motifs is 1. The quantitative estimate of drug-likeness (QED) is 0.904. The molecule has 8 heteroatoms. The summed E-state index contributed by atoms with van der Waals surface area (Å²) in [5.74, 6) is 0. The second-order valence-electron chi connectivity index (χ2n) is 6.05. The second-order valence-corrected chi connectivity index (χ2v) is 6.05. The van der Waals surface area contributed by atoms with Crippen LogP contribution in [-0.4, -0.2) is 65.0 Å². The fraction of sp³-hybridized carbons (Fsp3) is 0.786. The van der Waals surface area contributed by atoms with E-state index in [-0.39, 0.29) is 0 Å². The van der Waals surface area contributed by atoms with Gasteiger partial charge in [-0.25, -0.2) is 0 Å². The lowest BCUT2D eigenvalue weighted by molar-refractivity contribution is -0.149. The Balaban J connectivity index is 1.51. The van der Waals surface area contributed by atoms with Crippen LogP contribution in [0.25, 0.3) is 0 Å². The van der Waals surface area contributed by atoms with Crippen LogP contribution in [0.5, 0.6) is 0 Å². The number of halogens is 3. The van der Waals surface area contributed by atoms with Crippen LogP contribution < -0.4 is 5.32 Å². The minimum absolute atomic E-state index is 0.467. The number of alkyl halides is 3. The molecule has 0 aliphatic carbocycles. The predicted molar refractivity (Wildman–Crippen MR) is 76.3 cm³/mol. The number of hydrogen-bond acceptors (Lipinski definition) is 4. The van der Waals surface area contributed by atoms with Crippen LogP contribution in [-0.2, 0) is 19.6 Å². The van der Waals surface area contributed by atoms with Gasteiger partial charge in [0.25, 0.3) is 0 Å². The highest BCUT2D eigenvalue weighted by Gasteiger charge is 2.32. The van der Waals surface area contributed by atoms with Crippen molar-refractivity contribution in [2.45, 2.75) is 32.2 Å². The molecule has 1 fully saturated rings. The number of piperazine rings is 1. The molecule has 0 amide bonds. The Hall–Kier alpha value is -1.12. The minimum atomic E-state index is -4.10. The van der Waals surface area contributed by atoms with Crippen LogP contribution in [0.15, 0.2) is 6.07 Å². The van der Waals surface area contributed by atoms with Crippen molar-refractivity contribution in [3.63, 3.8) is 0 Å². The SMILES string of the molecule is FC(F)(F)CN1CCN(Cc2cc3n(n2)CCCNC3)CC1. The first kappa shape index (κ1) is 15.8. The Labute approximate surface area is 128 Å². The third kappa shape index (κ3) is 4.21. The average molecular weight is 317 g/mol. The zero-order valence-corrected chi connectivity index (χ0v) is 12.6. The van der Waals surface area contributed by atoms with E-state index in [2.05, 4.69) is 26.1 Å². The van der Waals surface area contributed by atoms with Crippen LogP contribution in [0.2, 0.25) is 0 Å². The first-order valence-electron chi connectivity index (χ1n) is 7.77. The molecular formula is C14H22F3N5. The molecular weight excluding hydrogens is 295 g/mol. The second kappa shape index (κ2) is 6.55. The summed E-state index contributed by atoms with van der Waals surface area (Å²) in [6.45, 7) is 4.97. The smallest absolute Gasteiger partial charge is 0.311 e. The highest BCUT2D eigenvalue weighted by Crippen LogP contribution is 2.18. The number of nitrogens with zero attached hydrogens (tertiary/aromatic N) is 4. The molecule has 22 heavy (non-hydrogen) atoms. The maximum absolute atomic E-state index is 12.4. The van der Waals surface area contributed by atoms with Gasteiger partial charge in [0.15, 0.2) is 0 Å². The van der Waals surface area contributed by atoms with E-state index in [1.54, 1.807) is 0 Å². The Kier molecular flexibility index (Phi) is 4.70. The molecule has 1 saturated heterocycles. The van der Waals surface area contributed by atoms with Crippen molar-refractivity contribution in [3.8, 4) is 0 Å². The van der Waals surface area contributed by atoms with Crippen molar-refractivity contribution in [1.29, 1.82) is 0 Å². The van der Waals surface area contributed by atoms with Crippen LogP contribution in [0.3, 0.4) is 0 Å². The molecule has 0 atom stereocenters. The maximum Gasteiger partial charge on any atom is 0.401 e. The van der Waals surface area contributed by atoms with Crippen LogP contribution in [0, 0.1) is 0 Å². The van der Waals surface area contributed by atoms with Crippen molar-refractivity contribution >= 4 is 0 Å². The molecule has 2 aliphatic heterocycles. The van der Waals surface area contributed by atoms with Gasteiger partial charge in [-0.2, -0.15) is 18.3 Å². The topological polar surface area (TPSA) is 36.3 Å². The third-order valence-corrected chi connectivity index (χ3v) is 4.20. The van der Waals surface area contributed by atoms with Crippen molar-refractivity contribution in [2.24, 2.45) is 0 Å². The highest BCUT2D eigenvalue weighted by molar-refractivity contribution is 5.11. The number of nitrogens with one attached hydrogen (secondary N) is 1. The summed E-state index contributed by atoms with van der Waals surface area (Å²) < 4.78 is 39.2. The summed E-state index contributed by atoms with van der Waals surface area (Å²) in [6.07, 6.45) is -3.03. The highest BCUT2D eigenvalue weighted by atomic mass is 19.4. The third-order valence-electron chi connectivity index (χ3n) is 4.20. The van der Waals surface area contributed by atoms with Gasteiger partial charge >= 0.3 is 6.18 Å². The average Bonchev–Trinajstić information content (AvgIpc) is 2.68. The van der Waals surface area contributed by atoms with Gasteiger partial charge in [-0.1, -0.05) is 0 Å². The van der Waals surface area contributed by atoms with Crippen LogP contribution in [0.4, 0.5) is 13.2 Å². The normalized spacial score (nSPS) is 21.6. The first-order chi connectivity index (χ1) is 10.5. The number of rotatable bonds is 3. The van der Waals surface area contributed by atoms with Gasteiger partial charge in [0, 0.05) is 45.8 Å². The maximum atomic E-state index is 12.4. The molecule has 0 aromatic carbocycles. The fourth-order valence-corrected chi connectivity index (χ4v) is 3.09. The fourth-order valence-electron chi connectivity index (χ4n) is 3.09. The lowest BCUT2D eigenvalue weighted by Crippen LogP contribution is -2.48. The molecule has 3 heterocycles. The standard InChI is InChI=1S/C14H22F3N5/c15-14(16,17)11-21-6-4-20(5-7-21)10-12-8-13-9-18-2-1-3-22(13)19-12/h8,18H,1-7,9-11H2. The van der Waals surface area contributed by atoms with Gasteiger partial charge < -0.3 is 5.32 Å². The van der Waals surface area contributed by atoms with E-state index >= 15 is 0 Å². The molecule has 2 aliphatic rings. The molecule has 0 radical (unpaired) electrons. The summed E-state index contributed by atoms with van der Waals surface area (Å²) in [6, 6.07) is 2.11. The zero-order chi connectivity index (χ0) is 15.6. The molecule has 0 saturated carbocycles. The van der Waals surface area contributed by atoms with E-state index in [4.69, 9.17) is 0 Å². The van der Waals surface area contributed by atoms with E-state index < -0.39 is 12.7 Å². The van der Waals surface area contributed by atoms with Crippen molar-refractivity contribution < 1.29 is 13.2 Å². The minimum Gasteiger partial charge on any atom is -0.311 e. The molecule has 0 unspecified atom stereocenters. The van der Waals surface area contributed by atoms with Gasteiger partial charge in [-0.05, 0) is 19.0 Å². The van der Waals surface area contributed by atoms with Gasteiger partial charge in [0.2, 0.25) is 0 Å². The monoisotopic (exact) mass is 317 g/mol. The lowest BCUT2D eigenvalue weighted by atomic mass is 10.2. The van der Waals surface area contributed by atoms with Gasteiger partial charge in [-0.15, -0.1) is 0 Å². The summed E-state index contributed by atoms with van der Waals surface area (Å²) in [7, 11) is 0. The van der Waals surface area contributed by atoms with E-state index in [0.717, 1.165) is 38.3 Å². The largest absolute Gasteiger partial charge is 0.401 e.